The number of nitrogen functional groups attached to an aromatic ring is 1. The smallest absolute Gasteiger partial charge is 0.278 e. The summed E-state index contributed by atoms with van der Waals surface area (Å²) in [5.74, 6) is 0.0407. The number of nitrogens with zero attached hydrogens (tertiary/aromatic N) is 3. The minimum atomic E-state index is -3.99. The molecule has 1 atom stereocenters. The zero-order valence-electron chi connectivity index (χ0n) is 16.4. The molecule has 0 aliphatic rings. The first kappa shape index (κ1) is 20.3. The summed E-state index contributed by atoms with van der Waals surface area (Å²) >= 11 is 5.90. The van der Waals surface area contributed by atoms with Gasteiger partial charge in [0.1, 0.15) is 10.3 Å². The van der Waals surface area contributed by atoms with E-state index in [-0.39, 0.29) is 32.6 Å². The van der Waals surface area contributed by atoms with E-state index >= 15 is 0 Å². The van der Waals surface area contributed by atoms with Crippen LogP contribution in [-0.4, -0.2) is 17.8 Å². The predicted molar refractivity (Wildman–Crippen MR) is 115 cm³/mol. The maximum atomic E-state index is 13.4. The fraction of sp³-hybridized carbons (Fsp3) is 0.190. The molecule has 0 amide bonds. The van der Waals surface area contributed by atoms with Crippen LogP contribution in [-0.2, 0) is 9.84 Å². The van der Waals surface area contributed by atoms with Crippen LogP contribution < -0.4 is 15.9 Å². The number of hydrogen-bond acceptors (Lipinski definition) is 5. The molecule has 154 valence electrons. The number of aromatic nitrogens is 3. The Morgan fingerprint density at radius 2 is 1.90 bits per heavy atom. The maximum absolute atomic E-state index is 13.4. The molecular weight excluding hydrogens is 424 g/mol. The number of benzene rings is 1. The summed E-state index contributed by atoms with van der Waals surface area (Å²) < 4.78 is 29.8. The molecule has 9 heteroatoms. The Bertz CT molecular complexity index is 1450. The van der Waals surface area contributed by atoms with Crippen molar-refractivity contribution < 1.29 is 13.0 Å². The van der Waals surface area contributed by atoms with E-state index in [0.29, 0.717) is 22.7 Å². The number of anilines is 1. The van der Waals surface area contributed by atoms with Crippen LogP contribution in [0.5, 0.6) is 0 Å². The van der Waals surface area contributed by atoms with Crippen molar-refractivity contribution in [3.8, 4) is 0 Å². The second-order valence-corrected chi connectivity index (χ2v) is 9.42. The van der Waals surface area contributed by atoms with Crippen LogP contribution in [0.1, 0.15) is 26.3 Å². The number of nitrogens with two attached hydrogens (primary N) is 1. The van der Waals surface area contributed by atoms with E-state index in [1.165, 1.54) is 34.7 Å². The first-order valence-electron chi connectivity index (χ1n) is 9.41. The van der Waals surface area contributed by atoms with E-state index in [0.717, 1.165) is 0 Å². The molecule has 0 saturated carbocycles. The first-order chi connectivity index (χ1) is 14.3. The lowest BCUT2D eigenvalue weighted by molar-refractivity contribution is -0.684. The molecule has 0 saturated heterocycles. The average Bonchev–Trinajstić information content (AvgIpc) is 2.73. The van der Waals surface area contributed by atoms with Crippen LogP contribution in [0.25, 0.3) is 16.7 Å². The third-order valence-corrected chi connectivity index (χ3v) is 7.26. The van der Waals surface area contributed by atoms with Crippen molar-refractivity contribution in [1.82, 2.24) is 9.38 Å². The molecule has 4 aromatic rings. The van der Waals surface area contributed by atoms with Crippen molar-refractivity contribution in [1.29, 1.82) is 0 Å². The monoisotopic (exact) mass is 443 g/mol. The first-order valence-corrected chi connectivity index (χ1v) is 11.3. The third kappa shape index (κ3) is 3.12. The second-order valence-electron chi connectivity index (χ2n) is 7.06. The third-order valence-electron chi connectivity index (χ3n) is 5.21. The lowest BCUT2D eigenvalue weighted by atomic mass is 10.2. The molecule has 0 bridgehead atoms. The van der Waals surface area contributed by atoms with Crippen molar-refractivity contribution in [2.75, 3.05) is 5.73 Å². The quantitative estimate of drug-likeness (QED) is 0.386. The van der Waals surface area contributed by atoms with Crippen LogP contribution in [0.3, 0.4) is 0 Å². The molecule has 4 rings (SSSR count). The Kier molecular flexibility index (Phi) is 4.99. The van der Waals surface area contributed by atoms with Gasteiger partial charge in [0.05, 0.1) is 10.9 Å². The molecular formula is C21H20ClN4O3S+. The molecule has 0 fully saturated rings. The van der Waals surface area contributed by atoms with E-state index in [1.807, 2.05) is 13.8 Å². The predicted octanol–water partition coefficient (Wildman–Crippen LogP) is 3.17. The van der Waals surface area contributed by atoms with Gasteiger partial charge in [-0.05, 0) is 55.8 Å². The van der Waals surface area contributed by atoms with E-state index in [1.54, 1.807) is 29.0 Å². The van der Waals surface area contributed by atoms with Gasteiger partial charge >= 0.3 is 0 Å². The minimum Gasteiger partial charge on any atom is -0.317 e. The van der Waals surface area contributed by atoms with E-state index in [9.17, 15) is 13.2 Å². The van der Waals surface area contributed by atoms with Gasteiger partial charge < -0.3 is 5.73 Å². The highest BCUT2D eigenvalue weighted by Gasteiger charge is 2.30. The Balaban J connectivity index is 2.15. The van der Waals surface area contributed by atoms with Gasteiger partial charge in [0.25, 0.3) is 11.2 Å². The number of rotatable bonds is 4. The summed E-state index contributed by atoms with van der Waals surface area (Å²) in [4.78, 5) is 17.7. The molecule has 3 heterocycles. The van der Waals surface area contributed by atoms with Crippen LogP contribution in [0.4, 0.5) is 5.82 Å². The van der Waals surface area contributed by atoms with Crippen molar-refractivity contribution in [3.05, 3.63) is 70.1 Å². The van der Waals surface area contributed by atoms with Crippen molar-refractivity contribution >= 4 is 43.9 Å². The van der Waals surface area contributed by atoms with Gasteiger partial charge in [0.2, 0.25) is 21.3 Å². The summed E-state index contributed by atoms with van der Waals surface area (Å²) in [6.45, 7) is 3.86. The lowest BCUT2D eigenvalue weighted by Crippen LogP contribution is -2.44. The standard InChI is InChI=1S/C21H19ClN4O3S/c1-3-13(2)26-19(23)17(30(28,29)15-9-7-14(22)8-10-15)12-16-20(26)24-18-6-4-5-11-25(18)21(16)27/h4-13,23H,3H2,1-2H3/p+1/t13-/m1/s1. The Hall–Kier alpha value is -2.97. The molecule has 0 aliphatic heterocycles. The molecule has 0 aliphatic carbocycles. The SMILES string of the molecule is CC[C@@H](C)[n+]1c(N)c(S(=O)(=O)c2ccc(Cl)cc2)cc2c(=O)n3ccccc3nc21. The largest absolute Gasteiger partial charge is 0.317 e. The molecule has 3 aromatic heterocycles. The summed E-state index contributed by atoms with van der Waals surface area (Å²) in [7, 11) is -3.99. The summed E-state index contributed by atoms with van der Waals surface area (Å²) in [6.07, 6.45) is 2.27. The van der Waals surface area contributed by atoms with Gasteiger partial charge in [-0.1, -0.05) is 29.6 Å². The number of sulfone groups is 1. The zero-order chi connectivity index (χ0) is 21.6. The maximum Gasteiger partial charge on any atom is 0.278 e. The van der Waals surface area contributed by atoms with Crippen molar-refractivity contribution in [2.24, 2.45) is 0 Å². The second kappa shape index (κ2) is 7.37. The Morgan fingerprint density at radius 1 is 1.20 bits per heavy atom. The average molecular weight is 444 g/mol. The van der Waals surface area contributed by atoms with Crippen molar-refractivity contribution in [2.45, 2.75) is 36.1 Å². The Labute approximate surface area is 178 Å². The molecule has 0 radical (unpaired) electrons. The van der Waals surface area contributed by atoms with Crippen LogP contribution in [0, 0.1) is 0 Å². The van der Waals surface area contributed by atoms with Crippen LogP contribution in [0.15, 0.2) is 69.3 Å². The van der Waals surface area contributed by atoms with Gasteiger partial charge in [-0.15, -0.1) is 0 Å². The number of halogens is 1. The fourth-order valence-electron chi connectivity index (χ4n) is 3.42. The molecule has 0 unspecified atom stereocenters. The molecule has 30 heavy (non-hydrogen) atoms. The molecule has 7 nitrogen and oxygen atoms in total. The highest BCUT2D eigenvalue weighted by atomic mass is 35.5. The van der Waals surface area contributed by atoms with Gasteiger partial charge in [0, 0.05) is 11.2 Å². The van der Waals surface area contributed by atoms with E-state index < -0.39 is 9.84 Å². The number of hydrogen-bond donors (Lipinski definition) is 1. The summed E-state index contributed by atoms with van der Waals surface area (Å²) in [5, 5.41) is 0.602. The van der Waals surface area contributed by atoms with Gasteiger partial charge in [-0.3, -0.25) is 9.20 Å². The Morgan fingerprint density at radius 3 is 2.57 bits per heavy atom. The molecule has 1 aromatic carbocycles. The molecule has 0 spiro atoms. The van der Waals surface area contributed by atoms with Gasteiger partial charge in [0.15, 0.2) is 0 Å². The van der Waals surface area contributed by atoms with E-state index in [2.05, 4.69) is 4.98 Å². The summed E-state index contributed by atoms with van der Waals surface area (Å²) in [6, 6.07) is 12.2. The number of pyridine rings is 2. The van der Waals surface area contributed by atoms with Crippen LogP contribution in [0.2, 0.25) is 5.02 Å². The van der Waals surface area contributed by atoms with Gasteiger partial charge in [-0.25, -0.2) is 13.0 Å². The van der Waals surface area contributed by atoms with Crippen molar-refractivity contribution in [3.63, 3.8) is 0 Å². The highest BCUT2D eigenvalue weighted by Crippen LogP contribution is 2.28. The number of fused-ring (bicyclic) bond motifs is 2. The normalized spacial score (nSPS) is 13.0. The van der Waals surface area contributed by atoms with Gasteiger partial charge in [-0.2, -0.15) is 0 Å². The minimum absolute atomic E-state index is 0.0407. The summed E-state index contributed by atoms with van der Waals surface area (Å²) in [5.41, 5.74) is 6.83. The van der Waals surface area contributed by atoms with E-state index in [4.69, 9.17) is 17.3 Å². The topological polar surface area (TPSA) is 98.4 Å². The lowest BCUT2D eigenvalue weighted by Gasteiger charge is -2.16. The molecule has 2 N–H and O–H groups in total. The van der Waals surface area contributed by atoms with Crippen LogP contribution >= 0.6 is 11.6 Å². The highest BCUT2D eigenvalue weighted by molar-refractivity contribution is 7.91. The fourth-order valence-corrected chi connectivity index (χ4v) is 4.94. The zero-order valence-corrected chi connectivity index (χ0v) is 18.0.